The van der Waals surface area contributed by atoms with Crippen molar-refractivity contribution < 1.29 is 13.9 Å². The van der Waals surface area contributed by atoms with Gasteiger partial charge in [0.1, 0.15) is 6.10 Å². The molecule has 0 saturated carbocycles. The predicted molar refractivity (Wildman–Crippen MR) is 139 cm³/mol. The molecule has 0 fully saturated rings. The summed E-state index contributed by atoms with van der Waals surface area (Å²) in [6.45, 7) is 6.53. The Morgan fingerprint density at radius 1 is 0.879 bits per heavy atom. The highest BCUT2D eigenvalue weighted by atomic mass is 79.9. The molecular weight excluding hydrogens is 496 g/mol. The molecule has 0 bridgehead atoms. The van der Waals surface area contributed by atoms with E-state index in [9.17, 15) is 9.90 Å². The largest absolute Gasteiger partial charge is 0.423 e. The van der Waals surface area contributed by atoms with Gasteiger partial charge in [-0.2, -0.15) is 0 Å². The quantitative estimate of drug-likeness (QED) is 0.355. The van der Waals surface area contributed by atoms with Crippen LogP contribution in [0.3, 0.4) is 0 Å². The number of aliphatic hydroxyl groups is 1. The van der Waals surface area contributed by atoms with Crippen molar-refractivity contribution in [2.24, 2.45) is 0 Å². The normalized spacial score (nSPS) is 13.2. The molecule has 0 aliphatic rings. The first-order valence-electron chi connectivity index (χ1n) is 10.9. The van der Waals surface area contributed by atoms with Gasteiger partial charge in [0, 0.05) is 5.39 Å². The third kappa shape index (κ3) is 4.36. The average molecular weight is 523 g/mol. The van der Waals surface area contributed by atoms with E-state index in [0.717, 1.165) is 10.4 Å². The average Bonchev–Trinajstić information content (AvgIpc) is 2.82. The fourth-order valence-corrected chi connectivity index (χ4v) is 9.69. The van der Waals surface area contributed by atoms with Crippen molar-refractivity contribution in [2.45, 2.75) is 31.9 Å². The summed E-state index contributed by atoms with van der Waals surface area (Å²) in [5.74, 6) is 0.177. The van der Waals surface area contributed by atoms with Crippen molar-refractivity contribution in [3.63, 3.8) is 0 Å². The van der Waals surface area contributed by atoms with Gasteiger partial charge in [0.15, 0.2) is 5.76 Å². The van der Waals surface area contributed by atoms with Crippen LogP contribution in [-0.4, -0.2) is 20.0 Å². The van der Waals surface area contributed by atoms with E-state index in [2.05, 4.69) is 61.0 Å². The summed E-state index contributed by atoms with van der Waals surface area (Å²) >= 11 is 3.53. The lowest BCUT2D eigenvalue weighted by molar-refractivity contribution is 0.0809. The summed E-state index contributed by atoms with van der Waals surface area (Å²) in [6, 6.07) is 27.6. The lowest BCUT2D eigenvalue weighted by Crippen LogP contribution is -2.66. The summed E-state index contributed by atoms with van der Waals surface area (Å²) in [7, 11) is -2.82. The Morgan fingerprint density at radius 3 is 1.88 bits per heavy atom. The van der Waals surface area contributed by atoms with Gasteiger partial charge >= 0.3 is 5.63 Å². The molecule has 1 atom stereocenters. The van der Waals surface area contributed by atoms with Crippen molar-refractivity contribution in [1.29, 1.82) is 0 Å². The van der Waals surface area contributed by atoms with Crippen molar-refractivity contribution in [1.82, 2.24) is 0 Å². The molecule has 0 aliphatic heterocycles. The van der Waals surface area contributed by atoms with Crippen LogP contribution >= 0.6 is 15.9 Å². The van der Waals surface area contributed by atoms with E-state index >= 15 is 0 Å². The predicted octanol–water partition coefficient (Wildman–Crippen LogP) is 5.17. The second-order valence-electron chi connectivity index (χ2n) is 9.10. The molecule has 0 unspecified atom stereocenters. The third-order valence-electron chi connectivity index (χ3n) is 5.98. The molecule has 1 aromatic heterocycles. The van der Waals surface area contributed by atoms with Crippen LogP contribution < -0.4 is 16.0 Å². The van der Waals surface area contributed by atoms with Crippen LogP contribution in [0.1, 0.15) is 32.6 Å². The van der Waals surface area contributed by atoms with Gasteiger partial charge < -0.3 is 13.9 Å². The smallest absolute Gasteiger partial charge is 0.343 e. The number of benzene rings is 3. The van der Waals surface area contributed by atoms with Crippen LogP contribution in [0, 0.1) is 0 Å². The number of aliphatic hydroxyl groups excluding tert-OH is 1. The number of halogens is 1. The van der Waals surface area contributed by atoms with Crippen molar-refractivity contribution in [2.75, 3.05) is 6.61 Å². The fraction of sp³-hybridized carbons (Fsp3) is 0.222. The molecule has 0 aliphatic carbocycles. The van der Waals surface area contributed by atoms with Crippen molar-refractivity contribution in [3.8, 4) is 0 Å². The molecule has 33 heavy (non-hydrogen) atoms. The molecule has 1 N–H and O–H groups in total. The molecule has 6 heteroatoms. The highest BCUT2D eigenvalue weighted by molar-refractivity contribution is 9.10. The van der Waals surface area contributed by atoms with Gasteiger partial charge in [0.25, 0.3) is 8.32 Å². The maximum atomic E-state index is 12.5. The first kappa shape index (κ1) is 23.6. The second kappa shape index (κ2) is 9.39. The molecule has 0 spiro atoms. The van der Waals surface area contributed by atoms with E-state index in [4.69, 9.17) is 8.84 Å². The van der Waals surface area contributed by atoms with Crippen LogP contribution in [0.2, 0.25) is 5.04 Å². The van der Waals surface area contributed by atoms with Gasteiger partial charge in [-0.25, -0.2) is 4.79 Å². The first-order valence-corrected chi connectivity index (χ1v) is 13.6. The second-order valence-corrected chi connectivity index (χ2v) is 14.2. The maximum Gasteiger partial charge on any atom is 0.343 e. The molecule has 3 aromatic carbocycles. The Labute approximate surface area is 203 Å². The van der Waals surface area contributed by atoms with Crippen LogP contribution in [0.5, 0.6) is 0 Å². The molecule has 0 amide bonds. The summed E-state index contributed by atoms with van der Waals surface area (Å²) in [4.78, 5) is 12.5. The van der Waals surface area contributed by atoms with Crippen molar-refractivity contribution >= 4 is 45.4 Å². The molecule has 4 aromatic rings. The molecular formula is C27H27BrO4Si. The zero-order chi connectivity index (χ0) is 23.6. The van der Waals surface area contributed by atoms with E-state index in [-0.39, 0.29) is 17.4 Å². The SMILES string of the molecule is CC(C)(C)[Si](OC[C@@H](O)c1oc(=O)c2ccccc2c1Br)(c1ccccc1)c1ccccc1. The summed E-state index contributed by atoms with van der Waals surface area (Å²) in [6.07, 6.45) is -1.11. The zero-order valence-electron chi connectivity index (χ0n) is 18.9. The fourth-order valence-electron chi connectivity index (χ4n) is 4.44. The van der Waals surface area contributed by atoms with Gasteiger partial charge in [-0.3, -0.25) is 0 Å². The molecule has 0 radical (unpaired) electrons. The lowest BCUT2D eigenvalue weighted by Gasteiger charge is -2.43. The maximum absolute atomic E-state index is 12.5. The van der Waals surface area contributed by atoms with Crippen LogP contribution in [-0.2, 0) is 4.43 Å². The van der Waals surface area contributed by atoms with Crippen LogP contribution in [0.15, 0.2) is 98.6 Å². The number of fused-ring (bicyclic) bond motifs is 1. The van der Waals surface area contributed by atoms with Gasteiger partial charge in [-0.05, 0) is 37.4 Å². The topological polar surface area (TPSA) is 59.7 Å². The minimum atomic E-state index is -2.82. The molecule has 0 saturated heterocycles. The van der Waals surface area contributed by atoms with Crippen LogP contribution in [0.4, 0.5) is 0 Å². The van der Waals surface area contributed by atoms with Gasteiger partial charge in [0.05, 0.1) is 16.5 Å². The zero-order valence-corrected chi connectivity index (χ0v) is 21.5. The molecule has 4 nitrogen and oxygen atoms in total. The van der Waals surface area contributed by atoms with E-state index in [1.807, 2.05) is 48.5 Å². The van der Waals surface area contributed by atoms with E-state index in [0.29, 0.717) is 15.2 Å². The van der Waals surface area contributed by atoms with Gasteiger partial charge in [-0.1, -0.05) is 99.6 Å². The monoisotopic (exact) mass is 522 g/mol. The molecule has 170 valence electrons. The lowest BCUT2D eigenvalue weighted by atomic mass is 10.1. The third-order valence-corrected chi connectivity index (χ3v) is 11.8. The Hall–Kier alpha value is -2.51. The van der Waals surface area contributed by atoms with Gasteiger partial charge in [-0.15, -0.1) is 0 Å². The van der Waals surface area contributed by atoms with Crippen LogP contribution in [0.25, 0.3) is 10.8 Å². The van der Waals surface area contributed by atoms with Crippen molar-refractivity contribution in [3.05, 3.63) is 106 Å². The Morgan fingerprint density at radius 2 is 1.36 bits per heavy atom. The Kier molecular flexibility index (Phi) is 6.72. The highest BCUT2D eigenvalue weighted by Crippen LogP contribution is 2.38. The molecule has 4 rings (SSSR count). The standard InChI is InChI=1S/C27H27BrO4Si/c1-27(2,3)33(19-12-6-4-7-13-19,20-14-8-5-9-15-20)31-18-23(29)25-24(28)21-16-10-11-17-22(21)26(30)32-25/h4-17,23,29H,18H2,1-3H3/t23-/m1/s1. The summed E-state index contributed by atoms with van der Waals surface area (Å²) < 4.78 is 12.9. The Bertz CT molecular complexity index is 1260. The number of hydrogen-bond acceptors (Lipinski definition) is 4. The van der Waals surface area contributed by atoms with Gasteiger partial charge in [0.2, 0.25) is 0 Å². The Balaban J connectivity index is 1.78. The minimum Gasteiger partial charge on any atom is -0.423 e. The van der Waals surface area contributed by atoms with E-state index in [1.54, 1.807) is 12.1 Å². The van der Waals surface area contributed by atoms with E-state index in [1.165, 1.54) is 0 Å². The van der Waals surface area contributed by atoms with E-state index < -0.39 is 20.0 Å². The first-order chi connectivity index (χ1) is 15.8. The summed E-state index contributed by atoms with van der Waals surface area (Å²) in [5.41, 5.74) is -0.478. The summed E-state index contributed by atoms with van der Waals surface area (Å²) in [5, 5.41) is 14.3. The highest BCUT2D eigenvalue weighted by Gasteiger charge is 2.50. The number of hydrogen-bond donors (Lipinski definition) is 1. The minimum absolute atomic E-state index is 0.00678. The molecule has 1 heterocycles. The number of rotatable bonds is 6.